The molecule has 0 aromatic heterocycles. The third kappa shape index (κ3) is 3.88. The second-order valence-electron chi connectivity index (χ2n) is 6.12. The molecule has 1 aliphatic carbocycles. The fourth-order valence-corrected chi connectivity index (χ4v) is 3.07. The summed E-state index contributed by atoms with van der Waals surface area (Å²) in [4.78, 5) is 3.25. The molecule has 0 aliphatic heterocycles. The van der Waals surface area contributed by atoms with Crippen LogP contribution < -0.4 is 0 Å². The summed E-state index contributed by atoms with van der Waals surface area (Å²) in [6.45, 7) is 8.67. The summed E-state index contributed by atoms with van der Waals surface area (Å²) < 4.78 is 0. The fraction of sp³-hybridized carbons (Fsp3) is 0.217. The van der Waals surface area contributed by atoms with Crippen LogP contribution in [0.2, 0.25) is 0 Å². The Morgan fingerprint density at radius 2 is 1.33 bits per heavy atom. The molecule has 1 unspecified atom stereocenters. The van der Waals surface area contributed by atoms with Gasteiger partial charge >= 0.3 is 24.8 Å². The van der Waals surface area contributed by atoms with Gasteiger partial charge in [0.1, 0.15) is 0 Å². The maximum Gasteiger partial charge on any atom is -0.0771 e. The molecule has 0 spiro atoms. The van der Waals surface area contributed by atoms with Crippen molar-refractivity contribution in [2.24, 2.45) is 5.92 Å². The molecule has 0 saturated heterocycles. The van der Waals surface area contributed by atoms with Gasteiger partial charge in [0, 0.05) is 0 Å². The van der Waals surface area contributed by atoms with E-state index in [0.717, 1.165) is 0 Å². The van der Waals surface area contributed by atoms with Crippen molar-refractivity contribution >= 4 is 26.4 Å². The van der Waals surface area contributed by atoms with E-state index in [9.17, 15) is 0 Å². The van der Waals surface area contributed by atoms with E-state index in [4.69, 9.17) is 0 Å². The van der Waals surface area contributed by atoms with E-state index in [1.54, 1.807) is 20.0 Å². The van der Waals surface area contributed by atoms with E-state index in [-0.39, 0.29) is 0 Å². The largest absolute Gasteiger partial charge is 0.126 e. The van der Waals surface area contributed by atoms with Crippen LogP contribution in [0.1, 0.15) is 27.7 Å². The van der Waals surface area contributed by atoms with Gasteiger partial charge in [-0.3, -0.25) is 6.08 Å². The molecule has 0 amide bonds. The SMILES string of the molecule is CC1=[C-]C(C)C(C)=C1C.[CH2]=[Ti+2].c1ccc2c(c1)[cH-]c1ccccc12. The number of benzene rings is 2. The molecular weight excluding hydrogens is 324 g/mol. The van der Waals surface area contributed by atoms with Crippen LogP contribution in [0.25, 0.3) is 21.5 Å². The summed E-state index contributed by atoms with van der Waals surface area (Å²) in [5.41, 5.74) is 4.25. The number of rotatable bonds is 0. The normalized spacial score (nSPS) is 16.4. The fourth-order valence-electron chi connectivity index (χ4n) is 3.07. The van der Waals surface area contributed by atoms with Gasteiger partial charge in [0.2, 0.25) is 0 Å². The van der Waals surface area contributed by atoms with Gasteiger partial charge in [-0.05, 0) is 0 Å². The summed E-state index contributed by atoms with van der Waals surface area (Å²) in [6.07, 6.45) is 3.36. The first-order valence-electron chi connectivity index (χ1n) is 8.24. The van der Waals surface area contributed by atoms with Crippen molar-refractivity contribution < 1.29 is 20.0 Å². The standard InChI is InChI=1S/C13H9.C9H13.CH2.Ti/c1-3-7-12-10(5-1)9-11-6-2-4-8-13(11)12;1-6-5-7(2)9(4)8(6)3;;/h1-9H;6H,1-4H3;1H2;/q2*-1;;+2. The minimum atomic E-state index is 0.560. The van der Waals surface area contributed by atoms with E-state index >= 15 is 0 Å². The zero-order valence-corrected chi connectivity index (χ0v) is 16.5. The van der Waals surface area contributed by atoms with Crippen LogP contribution >= 0.6 is 0 Å². The van der Waals surface area contributed by atoms with Gasteiger partial charge < -0.3 is 0 Å². The Morgan fingerprint density at radius 3 is 1.67 bits per heavy atom. The molecule has 4 rings (SSSR count). The average molecular weight is 348 g/mol. The van der Waals surface area contributed by atoms with E-state index < -0.39 is 0 Å². The molecule has 1 atom stereocenters. The van der Waals surface area contributed by atoms with Gasteiger partial charge in [-0.2, -0.15) is 11.1 Å². The van der Waals surface area contributed by atoms with Crippen molar-refractivity contribution in [3.05, 3.63) is 77.4 Å². The van der Waals surface area contributed by atoms with E-state index in [1.165, 1.54) is 38.3 Å². The Hall–Kier alpha value is -1.63. The van der Waals surface area contributed by atoms with Crippen LogP contribution in [0.5, 0.6) is 0 Å². The van der Waals surface area contributed by atoms with Crippen molar-refractivity contribution in [1.82, 2.24) is 0 Å². The Balaban J connectivity index is 0.000000167. The number of hydrogen-bond donors (Lipinski definition) is 0. The molecule has 0 heterocycles. The molecule has 120 valence electrons. The molecule has 0 N–H and O–H groups in total. The van der Waals surface area contributed by atoms with Crippen molar-refractivity contribution in [3.63, 3.8) is 0 Å². The monoisotopic (exact) mass is 348 g/mol. The van der Waals surface area contributed by atoms with Crippen molar-refractivity contribution in [2.75, 3.05) is 0 Å². The van der Waals surface area contributed by atoms with Crippen LogP contribution in [-0.2, 0) is 20.0 Å². The second-order valence-corrected chi connectivity index (χ2v) is 6.12. The first kappa shape index (κ1) is 18.7. The minimum absolute atomic E-state index is 0.560. The maximum atomic E-state index is 3.36. The predicted molar refractivity (Wildman–Crippen MR) is 104 cm³/mol. The Bertz CT molecular complexity index is 842. The first-order chi connectivity index (χ1) is 11.6. The van der Waals surface area contributed by atoms with Crippen molar-refractivity contribution in [1.29, 1.82) is 0 Å². The Labute approximate surface area is 157 Å². The molecule has 3 aromatic rings. The predicted octanol–water partition coefficient (Wildman–Crippen LogP) is 6.40. The van der Waals surface area contributed by atoms with Crippen LogP contribution in [0, 0.1) is 12.0 Å². The average Bonchev–Trinajstić information content (AvgIpc) is 3.10. The van der Waals surface area contributed by atoms with Crippen LogP contribution in [0.4, 0.5) is 0 Å². The van der Waals surface area contributed by atoms with Gasteiger partial charge in [0.25, 0.3) is 0 Å². The van der Waals surface area contributed by atoms with Crippen LogP contribution in [-0.4, -0.2) is 4.82 Å². The Morgan fingerprint density at radius 1 is 0.875 bits per heavy atom. The summed E-state index contributed by atoms with van der Waals surface area (Å²) >= 11 is 1.75. The van der Waals surface area contributed by atoms with Gasteiger partial charge in [0.05, 0.1) is 0 Å². The Kier molecular flexibility index (Phi) is 6.60. The first-order valence-corrected chi connectivity index (χ1v) is 9.34. The summed E-state index contributed by atoms with van der Waals surface area (Å²) in [6, 6.07) is 19.3. The molecule has 1 aliphatic rings. The molecule has 1 heteroatoms. The molecule has 24 heavy (non-hydrogen) atoms. The van der Waals surface area contributed by atoms with E-state index in [1.807, 2.05) is 0 Å². The molecule has 0 radical (unpaired) electrons. The summed E-state index contributed by atoms with van der Waals surface area (Å²) in [5, 5.41) is 5.39. The zero-order valence-electron chi connectivity index (χ0n) is 15.0. The van der Waals surface area contributed by atoms with Gasteiger partial charge in [-0.15, -0.1) is 46.7 Å². The van der Waals surface area contributed by atoms with Crippen LogP contribution in [0.3, 0.4) is 0 Å². The summed E-state index contributed by atoms with van der Waals surface area (Å²) in [5.74, 6) is 0.560. The number of hydrogen-bond acceptors (Lipinski definition) is 0. The summed E-state index contributed by atoms with van der Waals surface area (Å²) in [7, 11) is 0. The second kappa shape index (κ2) is 8.47. The molecule has 0 nitrogen and oxygen atoms in total. The van der Waals surface area contributed by atoms with Gasteiger partial charge in [0.15, 0.2) is 0 Å². The molecule has 3 aromatic carbocycles. The molecular formula is C23H24Ti. The van der Waals surface area contributed by atoms with E-state index in [2.05, 4.69) is 93.2 Å². The molecule has 0 bridgehead atoms. The van der Waals surface area contributed by atoms with E-state index in [0.29, 0.717) is 5.92 Å². The number of allylic oxidation sites excluding steroid dienone is 4. The van der Waals surface area contributed by atoms with Crippen molar-refractivity contribution in [3.8, 4) is 0 Å². The quantitative estimate of drug-likeness (QED) is 0.326. The third-order valence-corrected chi connectivity index (χ3v) is 4.76. The minimum Gasteiger partial charge on any atom is -0.126 e. The van der Waals surface area contributed by atoms with Gasteiger partial charge in [-0.25, -0.2) is 5.57 Å². The van der Waals surface area contributed by atoms with Crippen LogP contribution in [0.15, 0.2) is 71.3 Å². The van der Waals surface area contributed by atoms with Crippen molar-refractivity contribution in [2.45, 2.75) is 27.7 Å². The topological polar surface area (TPSA) is 0 Å². The zero-order chi connectivity index (χ0) is 17.7. The molecule has 0 fully saturated rings. The van der Waals surface area contributed by atoms with Gasteiger partial charge in [-0.1, -0.05) is 63.1 Å². The molecule has 0 saturated carbocycles. The third-order valence-electron chi connectivity index (χ3n) is 4.76. The smallest absolute Gasteiger partial charge is 0.0771 e. The maximum absolute atomic E-state index is 3.36. The number of fused-ring (bicyclic) bond motifs is 3.